The molecule has 0 aliphatic carbocycles. The summed E-state index contributed by atoms with van der Waals surface area (Å²) in [5.41, 5.74) is 2.18. The molecule has 3 nitrogen and oxygen atoms in total. The molecule has 0 atom stereocenters. The number of hydrogen-bond donors (Lipinski definition) is 1. The fourth-order valence-corrected chi connectivity index (χ4v) is 4.76. The molecule has 136 valence electrons. The predicted molar refractivity (Wildman–Crippen MR) is 112 cm³/mol. The molecule has 0 fully saturated rings. The van der Waals surface area contributed by atoms with Crippen LogP contribution in [0, 0.1) is 5.82 Å². The summed E-state index contributed by atoms with van der Waals surface area (Å²) in [4.78, 5) is 20.6. The van der Waals surface area contributed by atoms with Crippen molar-refractivity contribution in [1.29, 1.82) is 0 Å². The molecule has 0 aliphatic rings. The van der Waals surface area contributed by atoms with Gasteiger partial charge in [-0.05, 0) is 35.4 Å². The Hall–Kier alpha value is -1.86. The molecule has 2 aromatic carbocycles. The third-order valence-electron chi connectivity index (χ3n) is 3.92. The Labute approximate surface area is 172 Å². The Bertz CT molecular complexity index is 1210. The molecule has 0 saturated heterocycles. The third kappa shape index (κ3) is 3.89. The molecule has 0 aliphatic heterocycles. The molecule has 0 unspecified atom stereocenters. The summed E-state index contributed by atoms with van der Waals surface area (Å²) in [6, 6.07) is 11.6. The van der Waals surface area contributed by atoms with E-state index in [0.29, 0.717) is 31.2 Å². The Morgan fingerprint density at radius 1 is 1.15 bits per heavy atom. The van der Waals surface area contributed by atoms with Gasteiger partial charge in [0.15, 0.2) is 5.16 Å². The molecular weight excluding hydrogens is 426 g/mol. The van der Waals surface area contributed by atoms with Crippen LogP contribution in [-0.4, -0.2) is 9.97 Å². The zero-order valence-corrected chi connectivity index (χ0v) is 16.8. The first kappa shape index (κ1) is 18.5. The number of hydrogen-bond acceptors (Lipinski definition) is 4. The molecule has 0 saturated carbocycles. The van der Waals surface area contributed by atoms with Gasteiger partial charge in [-0.15, -0.1) is 11.3 Å². The van der Waals surface area contributed by atoms with Gasteiger partial charge < -0.3 is 4.98 Å². The molecule has 1 N–H and O–H groups in total. The number of thioether (sulfide) groups is 1. The van der Waals surface area contributed by atoms with E-state index in [2.05, 4.69) is 9.97 Å². The number of aromatic nitrogens is 2. The topological polar surface area (TPSA) is 45.8 Å². The van der Waals surface area contributed by atoms with E-state index in [0.717, 1.165) is 16.7 Å². The minimum atomic E-state index is -0.283. The lowest BCUT2D eigenvalue weighted by molar-refractivity contribution is 0.626. The maximum Gasteiger partial charge on any atom is 0.260 e. The van der Waals surface area contributed by atoms with Crippen molar-refractivity contribution in [3.63, 3.8) is 0 Å². The highest BCUT2D eigenvalue weighted by atomic mass is 35.5. The number of fused-ring (bicyclic) bond motifs is 1. The minimum absolute atomic E-state index is 0.218. The van der Waals surface area contributed by atoms with Gasteiger partial charge in [-0.25, -0.2) is 9.37 Å². The summed E-state index contributed by atoms with van der Waals surface area (Å²) in [6.45, 7) is 0. The Morgan fingerprint density at radius 3 is 2.78 bits per heavy atom. The van der Waals surface area contributed by atoms with Crippen molar-refractivity contribution in [2.75, 3.05) is 0 Å². The van der Waals surface area contributed by atoms with Gasteiger partial charge in [-0.1, -0.05) is 53.2 Å². The van der Waals surface area contributed by atoms with E-state index in [9.17, 15) is 9.18 Å². The number of nitrogens with zero attached hydrogens (tertiary/aromatic N) is 1. The first-order valence-corrected chi connectivity index (χ1v) is 10.5. The van der Waals surface area contributed by atoms with Crippen molar-refractivity contribution in [3.8, 4) is 11.1 Å². The number of thiophene rings is 1. The summed E-state index contributed by atoms with van der Waals surface area (Å²) in [7, 11) is 0. The Morgan fingerprint density at radius 2 is 2.00 bits per heavy atom. The number of aromatic amines is 1. The van der Waals surface area contributed by atoms with Gasteiger partial charge in [0, 0.05) is 16.7 Å². The predicted octanol–water partition coefficient (Wildman–Crippen LogP) is 6.39. The van der Waals surface area contributed by atoms with Crippen molar-refractivity contribution in [3.05, 3.63) is 79.6 Å². The molecule has 0 bridgehead atoms. The number of halogens is 3. The first-order chi connectivity index (χ1) is 13.0. The molecule has 0 spiro atoms. The largest absolute Gasteiger partial charge is 0.301 e. The van der Waals surface area contributed by atoms with E-state index < -0.39 is 0 Å². The molecule has 4 rings (SSSR count). The fourth-order valence-electron chi connectivity index (χ4n) is 2.65. The Kier molecular flexibility index (Phi) is 5.23. The highest BCUT2D eigenvalue weighted by Crippen LogP contribution is 2.35. The fraction of sp³-hybridized carbons (Fsp3) is 0.0526. The summed E-state index contributed by atoms with van der Waals surface area (Å²) < 4.78 is 13.3. The molecule has 2 heterocycles. The van der Waals surface area contributed by atoms with Crippen LogP contribution in [0.15, 0.2) is 57.8 Å². The van der Waals surface area contributed by atoms with Gasteiger partial charge >= 0.3 is 0 Å². The van der Waals surface area contributed by atoms with E-state index >= 15 is 0 Å². The van der Waals surface area contributed by atoms with Crippen LogP contribution in [0.1, 0.15) is 5.56 Å². The molecule has 0 amide bonds. The maximum atomic E-state index is 13.3. The van der Waals surface area contributed by atoms with Gasteiger partial charge in [0.25, 0.3) is 5.56 Å². The van der Waals surface area contributed by atoms with Crippen molar-refractivity contribution in [2.45, 2.75) is 10.9 Å². The number of rotatable bonds is 4. The number of nitrogens with one attached hydrogen (secondary N) is 1. The highest BCUT2D eigenvalue weighted by Gasteiger charge is 2.14. The van der Waals surface area contributed by atoms with Crippen LogP contribution in [0.4, 0.5) is 4.39 Å². The van der Waals surface area contributed by atoms with E-state index in [1.54, 1.807) is 18.2 Å². The average molecular weight is 437 g/mol. The molecule has 2 aromatic heterocycles. The van der Waals surface area contributed by atoms with Gasteiger partial charge in [0.1, 0.15) is 10.6 Å². The minimum Gasteiger partial charge on any atom is -0.301 e. The van der Waals surface area contributed by atoms with Crippen molar-refractivity contribution < 1.29 is 4.39 Å². The number of H-pyrrole nitrogens is 1. The van der Waals surface area contributed by atoms with Gasteiger partial charge in [0.2, 0.25) is 0 Å². The standard InChI is InChI=1S/C19H11Cl2FN2OS2/c20-14-5-4-11(7-15(14)21)13-9-26-18-16(13)17(25)23-19(24-18)27-8-10-2-1-3-12(22)6-10/h1-7,9H,8H2,(H,23,24,25). The molecule has 8 heteroatoms. The molecule has 4 aromatic rings. The number of benzene rings is 2. The van der Waals surface area contributed by atoms with Gasteiger partial charge in [-0.3, -0.25) is 4.79 Å². The third-order valence-corrected chi connectivity index (χ3v) is 6.47. The summed E-state index contributed by atoms with van der Waals surface area (Å²) in [6.07, 6.45) is 0. The first-order valence-electron chi connectivity index (χ1n) is 7.85. The SMILES string of the molecule is O=c1[nH]c(SCc2cccc(F)c2)nc2scc(-c3ccc(Cl)c(Cl)c3)c12. The zero-order valence-electron chi connectivity index (χ0n) is 13.6. The summed E-state index contributed by atoms with van der Waals surface area (Å²) in [5, 5.41) is 3.80. The molecule has 27 heavy (non-hydrogen) atoms. The second-order valence-electron chi connectivity index (χ2n) is 5.75. The lowest BCUT2D eigenvalue weighted by atomic mass is 10.1. The van der Waals surface area contributed by atoms with Crippen LogP contribution in [0.25, 0.3) is 21.3 Å². The van der Waals surface area contributed by atoms with E-state index in [-0.39, 0.29) is 11.4 Å². The molecular formula is C19H11Cl2FN2OS2. The Balaban J connectivity index is 1.67. The quantitative estimate of drug-likeness (QED) is 0.297. The second-order valence-corrected chi connectivity index (χ2v) is 8.38. The summed E-state index contributed by atoms with van der Waals surface area (Å²) >= 11 is 14.8. The lowest BCUT2D eigenvalue weighted by Gasteiger charge is -2.04. The normalized spacial score (nSPS) is 11.2. The van der Waals surface area contributed by atoms with Crippen molar-refractivity contribution in [1.82, 2.24) is 9.97 Å². The van der Waals surface area contributed by atoms with Crippen molar-refractivity contribution >= 4 is 56.5 Å². The second kappa shape index (κ2) is 7.64. The highest BCUT2D eigenvalue weighted by molar-refractivity contribution is 7.98. The van der Waals surface area contributed by atoms with E-state index in [4.69, 9.17) is 23.2 Å². The van der Waals surface area contributed by atoms with Crippen molar-refractivity contribution in [2.24, 2.45) is 0 Å². The van der Waals surface area contributed by atoms with Crippen LogP contribution in [0.5, 0.6) is 0 Å². The maximum absolute atomic E-state index is 13.3. The monoisotopic (exact) mass is 436 g/mol. The lowest BCUT2D eigenvalue weighted by Crippen LogP contribution is -2.08. The van der Waals surface area contributed by atoms with Gasteiger partial charge in [-0.2, -0.15) is 0 Å². The summed E-state index contributed by atoms with van der Waals surface area (Å²) in [5.74, 6) is 0.228. The molecule has 0 radical (unpaired) electrons. The van der Waals surface area contributed by atoms with Crippen LogP contribution >= 0.6 is 46.3 Å². The van der Waals surface area contributed by atoms with Crippen LogP contribution in [0.3, 0.4) is 0 Å². The average Bonchev–Trinajstić information content (AvgIpc) is 3.07. The van der Waals surface area contributed by atoms with Crippen LogP contribution < -0.4 is 5.56 Å². The zero-order chi connectivity index (χ0) is 19.0. The van der Waals surface area contributed by atoms with E-state index in [1.807, 2.05) is 17.5 Å². The smallest absolute Gasteiger partial charge is 0.260 e. The van der Waals surface area contributed by atoms with Crippen LogP contribution in [-0.2, 0) is 5.75 Å². The van der Waals surface area contributed by atoms with Gasteiger partial charge in [0.05, 0.1) is 15.4 Å². The van der Waals surface area contributed by atoms with E-state index in [1.165, 1.54) is 35.2 Å². The van der Waals surface area contributed by atoms with Crippen LogP contribution in [0.2, 0.25) is 10.0 Å².